The van der Waals surface area contributed by atoms with Gasteiger partial charge in [-0.3, -0.25) is 10.6 Å². The maximum Gasteiger partial charge on any atom is 0.408 e. The number of nitrogens with one attached hydrogen (secondary N) is 2. The molecule has 276 valence electrons. The van der Waals surface area contributed by atoms with Crippen LogP contribution in [0.5, 0.6) is 0 Å². The van der Waals surface area contributed by atoms with Crippen LogP contribution < -0.4 is 16.5 Å². The lowest BCUT2D eigenvalue weighted by Gasteiger charge is -2.37. The zero-order chi connectivity index (χ0) is 37.8. The fraction of sp³-hybridized carbons (Fsp3) is 0.469. The Morgan fingerprint density at radius 1 is 1.02 bits per heavy atom. The van der Waals surface area contributed by atoms with E-state index in [-0.39, 0.29) is 17.7 Å². The number of rotatable bonds is 13. The Morgan fingerprint density at radius 2 is 1.60 bits per heavy atom. The number of ether oxygens (including phenoxy) is 1. The van der Waals surface area contributed by atoms with Crippen molar-refractivity contribution < 1.29 is 50.2 Å². The van der Waals surface area contributed by atoms with Crippen molar-refractivity contribution in [3.05, 3.63) is 75.0 Å². The number of halogens is 8. The summed E-state index contributed by atoms with van der Waals surface area (Å²) >= 11 is 2.05. The van der Waals surface area contributed by atoms with Gasteiger partial charge >= 0.3 is 18.8 Å². The van der Waals surface area contributed by atoms with Crippen LogP contribution in [0.25, 0.3) is 11.3 Å². The lowest BCUT2D eigenvalue weighted by molar-refractivity contribution is -0.220. The fourth-order valence-electron chi connectivity index (χ4n) is 4.72. The third-order valence-corrected chi connectivity index (χ3v) is 8.28. The van der Waals surface area contributed by atoms with E-state index >= 15 is 8.78 Å². The molecule has 3 rings (SSSR count). The first-order chi connectivity index (χ1) is 23.0. The van der Waals surface area contributed by atoms with Gasteiger partial charge in [0.25, 0.3) is 0 Å². The summed E-state index contributed by atoms with van der Waals surface area (Å²) in [5.74, 6) is 2.55. The van der Waals surface area contributed by atoms with Gasteiger partial charge in [0.05, 0.1) is 23.3 Å². The molecule has 0 radical (unpaired) electrons. The van der Waals surface area contributed by atoms with Crippen molar-refractivity contribution in [3.63, 3.8) is 0 Å². The summed E-state index contributed by atoms with van der Waals surface area (Å²) in [7, 11) is 0. The molecule has 0 saturated heterocycles. The summed E-state index contributed by atoms with van der Waals surface area (Å²) in [5.41, 5.74) is -4.13. The summed E-state index contributed by atoms with van der Waals surface area (Å²) in [5, 5.41) is 20.1. The van der Waals surface area contributed by atoms with E-state index in [1.54, 1.807) is 24.3 Å². The zero-order valence-electron chi connectivity index (χ0n) is 27.7. The molecule has 0 aliphatic heterocycles. The highest BCUT2D eigenvalue weighted by molar-refractivity contribution is 14.1. The maximum atomic E-state index is 15.1. The van der Waals surface area contributed by atoms with Crippen LogP contribution in [0.1, 0.15) is 52.3 Å². The van der Waals surface area contributed by atoms with Crippen molar-refractivity contribution >= 4 is 34.6 Å². The maximum absolute atomic E-state index is 15.1. The molecule has 18 heteroatoms. The summed E-state index contributed by atoms with van der Waals surface area (Å²) in [6.45, 7) is 1.78. The minimum absolute atomic E-state index is 0.114. The summed E-state index contributed by atoms with van der Waals surface area (Å²) in [4.78, 5) is 26.1. The topological polar surface area (TPSA) is 135 Å². The summed E-state index contributed by atoms with van der Waals surface area (Å²) < 4.78 is 105. The largest absolute Gasteiger partial charge is 0.444 e. The van der Waals surface area contributed by atoms with Crippen LogP contribution in [-0.4, -0.2) is 68.4 Å². The standard InChI is InChI=1S/C32H38F7IN6O4/c1-30(2,3)50-29(49)43-26(31(4,5)32(37,38)39)27(48)42-24(12-17-6-8-19(40)9-7-17)25(47)16-45(41)15-20-21(33)13-18(14-22(20)34)23-10-11-46(44-23)28(35)36/h6-11,13-14,24-26,28,47H,12,15-16,41H2,1-5H3,(H,42,48)(H,43,49)/t24-,25-,26+/m0/s1. The second kappa shape index (κ2) is 16.2. The molecule has 2 aromatic carbocycles. The molecule has 1 aromatic heterocycles. The minimum atomic E-state index is -4.98. The first-order valence-electron chi connectivity index (χ1n) is 15.1. The Kier molecular flexibility index (Phi) is 13.3. The first kappa shape index (κ1) is 40.9. The van der Waals surface area contributed by atoms with E-state index in [2.05, 4.69) is 33.0 Å². The van der Waals surface area contributed by atoms with Gasteiger partial charge in [-0.05, 0) is 99.5 Å². The molecule has 0 spiro atoms. The second-order valence-electron chi connectivity index (χ2n) is 13.1. The molecular weight excluding hydrogens is 792 g/mol. The van der Waals surface area contributed by atoms with E-state index in [0.717, 1.165) is 46.8 Å². The molecular formula is C32H38F7IN6O4. The van der Waals surface area contributed by atoms with Gasteiger partial charge in [0.15, 0.2) is 0 Å². The molecule has 0 bridgehead atoms. The number of amides is 2. The Labute approximate surface area is 297 Å². The number of carbonyl (C=O) groups excluding carboxylic acids is 2. The molecule has 3 atom stereocenters. The van der Waals surface area contributed by atoms with Gasteiger partial charge in [0.2, 0.25) is 5.91 Å². The van der Waals surface area contributed by atoms with E-state index in [1.807, 2.05) is 5.32 Å². The third-order valence-electron chi connectivity index (χ3n) is 7.56. The number of nitrogens with zero attached hydrogens (tertiary/aromatic N) is 3. The Morgan fingerprint density at radius 3 is 2.10 bits per heavy atom. The second-order valence-corrected chi connectivity index (χ2v) is 14.4. The highest BCUT2D eigenvalue weighted by Gasteiger charge is 2.56. The van der Waals surface area contributed by atoms with Crippen LogP contribution in [0.15, 0.2) is 48.7 Å². The van der Waals surface area contributed by atoms with E-state index in [1.165, 1.54) is 20.8 Å². The highest BCUT2D eigenvalue weighted by Crippen LogP contribution is 2.40. The number of aliphatic hydroxyl groups excluding tert-OH is 1. The number of alkyl halides is 5. The van der Waals surface area contributed by atoms with E-state index < -0.39 is 84.2 Å². The van der Waals surface area contributed by atoms with Crippen LogP contribution in [0, 0.1) is 20.6 Å². The predicted molar refractivity (Wildman–Crippen MR) is 177 cm³/mol. The lowest BCUT2D eigenvalue weighted by atomic mass is 9.82. The molecule has 0 fully saturated rings. The first-order valence-corrected chi connectivity index (χ1v) is 16.2. The van der Waals surface area contributed by atoms with Crippen molar-refractivity contribution in [2.45, 2.75) is 84.1 Å². The van der Waals surface area contributed by atoms with Crippen LogP contribution >= 0.6 is 22.6 Å². The normalized spacial score (nSPS) is 14.4. The fourth-order valence-corrected chi connectivity index (χ4v) is 5.08. The van der Waals surface area contributed by atoms with Gasteiger partial charge in [-0.15, -0.1) is 0 Å². The summed E-state index contributed by atoms with van der Waals surface area (Å²) in [6, 6.07) is 6.15. The van der Waals surface area contributed by atoms with Crippen LogP contribution in [-0.2, 0) is 22.5 Å². The van der Waals surface area contributed by atoms with Crippen LogP contribution in [0.3, 0.4) is 0 Å². The van der Waals surface area contributed by atoms with Crippen LogP contribution in [0.4, 0.5) is 35.5 Å². The number of aliphatic hydroxyl groups is 1. The molecule has 5 N–H and O–H groups in total. The predicted octanol–water partition coefficient (Wildman–Crippen LogP) is 6.07. The van der Waals surface area contributed by atoms with Crippen molar-refractivity contribution in [1.82, 2.24) is 25.4 Å². The molecule has 2 amide bonds. The lowest BCUT2D eigenvalue weighted by Crippen LogP contribution is -2.62. The Bertz CT molecular complexity index is 1610. The summed E-state index contributed by atoms with van der Waals surface area (Å²) in [6.07, 6.45) is -7.06. The molecule has 0 unspecified atom stereocenters. The Hall–Kier alpha value is -3.49. The van der Waals surface area contributed by atoms with Gasteiger partial charge < -0.3 is 20.5 Å². The molecule has 0 saturated carbocycles. The van der Waals surface area contributed by atoms with Crippen molar-refractivity contribution in [2.75, 3.05) is 6.54 Å². The number of hydrogen-bond acceptors (Lipinski definition) is 7. The molecule has 1 heterocycles. The number of hydrazine groups is 1. The zero-order valence-corrected chi connectivity index (χ0v) is 29.8. The third kappa shape index (κ3) is 11.0. The van der Waals surface area contributed by atoms with Gasteiger partial charge in [0, 0.05) is 34.0 Å². The van der Waals surface area contributed by atoms with Crippen molar-refractivity contribution in [2.24, 2.45) is 11.3 Å². The highest BCUT2D eigenvalue weighted by atomic mass is 127. The average Bonchev–Trinajstić information content (AvgIpc) is 3.48. The van der Waals surface area contributed by atoms with Gasteiger partial charge in [-0.2, -0.15) is 27.1 Å². The molecule has 50 heavy (non-hydrogen) atoms. The van der Waals surface area contributed by atoms with Crippen LogP contribution in [0.2, 0.25) is 0 Å². The molecule has 0 aliphatic rings. The monoisotopic (exact) mass is 830 g/mol. The van der Waals surface area contributed by atoms with Gasteiger partial charge in [-0.1, -0.05) is 12.1 Å². The Balaban J connectivity index is 1.86. The molecule has 10 nitrogen and oxygen atoms in total. The van der Waals surface area contributed by atoms with Crippen molar-refractivity contribution in [3.8, 4) is 11.3 Å². The van der Waals surface area contributed by atoms with E-state index in [0.29, 0.717) is 10.2 Å². The minimum Gasteiger partial charge on any atom is -0.444 e. The smallest absolute Gasteiger partial charge is 0.408 e. The van der Waals surface area contributed by atoms with Gasteiger partial charge in [0.1, 0.15) is 23.3 Å². The van der Waals surface area contributed by atoms with E-state index in [4.69, 9.17) is 10.6 Å². The van der Waals surface area contributed by atoms with E-state index in [9.17, 15) is 36.6 Å². The van der Waals surface area contributed by atoms with Crippen molar-refractivity contribution in [1.29, 1.82) is 0 Å². The number of carbonyl (C=O) groups is 2. The quantitative estimate of drug-likeness (QED) is 0.0711. The number of benzene rings is 2. The van der Waals surface area contributed by atoms with Gasteiger partial charge in [-0.25, -0.2) is 23.3 Å². The molecule has 3 aromatic rings. The SMILES string of the molecule is CC(C)(C)OC(=O)N[C@H](C(=O)N[C@@H](Cc1ccc(I)cc1)[C@@H](O)CN(N)Cc1c(F)cc(-c2ccn(C(F)F)n2)cc1F)C(C)(C)C(F)(F)F. The molecule has 0 aliphatic carbocycles. The average molecular weight is 831 g/mol. The number of hydrogen-bond donors (Lipinski definition) is 4. The number of nitrogens with two attached hydrogens (primary N) is 1. The number of aromatic nitrogens is 2. The number of alkyl carbamates (subject to hydrolysis) is 1.